The summed E-state index contributed by atoms with van der Waals surface area (Å²) in [6, 6.07) is 16.8. The molecule has 158 valence electrons. The highest BCUT2D eigenvalue weighted by molar-refractivity contribution is 7.99. The first-order chi connectivity index (χ1) is 14.8. The number of fused-ring (bicyclic) bond motifs is 1. The molecule has 0 bridgehead atoms. The van der Waals surface area contributed by atoms with Gasteiger partial charge in [-0.25, -0.2) is 4.98 Å². The Morgan fingerprint density at radius 2 is 1.97 bits per heavy atom. The van der Waals surface area contributed by atoms with E-state index in [4.69, 9.17) is 0 Å². The average Bonchev–Trinajstić information content (AvgIpc) is 3.16. The quantitative estimate of drug-likeness (QED) is 0.396. The Kier molecular flexibility index (Phi) is 5.85. The molecule has 0 aliphatic heterocycles. The number of hydrogen-bond acceptors (Lipinski definition) is 4. The number of carbonyl (C=O) groups excluding carboxylic acids is 1. The molecule has 4 aromatic rings. The Balaban J connectivity index is 1.35. The number of nitrogens with one attached hydrogen (secondary N) is 2. The van der Waals surface area contributed by atoms with Gasteiger partial charge in [0.25, 0.3) is 0 Å². The van der Waals surface area contributed by atoms with Crippen LogP contribution in [0.3, 0.4) is 0 Å². The molecule has 9 heteroatoms. The lowest BCUT2D eigenvalue weighted by molar-refractivity contribution is -0.274. The van der Waals surface area contributed by atoms with E-state index >= 15 is 0 Å². The first-order valence-electron chi connectivity index (χ1n) is 9.20. The van der Waals surface area contributed by atoms with E-state index in [1.807, 2.05) is 30.5 Å². The number of alkyl halides is 3. The van der Waals surface area contributed by atoms with Gasteiger partial charge in [0.15, 0.2) is 0 Å². The summed E-state index contributed by atoms with van der Waals surface area (Å²) < 4.78 is 41.0. The summed E-state index contributed by atoms with van der Waals surface area (Å²) in [5.41, 5.74) is 2.44. The number of hydrogen-bond donors (Lipinski definition) is 2. The number of H-pyrrole nitrogens is 1. The standard InChI is InChI=1S/C22H16F3N3O2S/c23-22(24,25)30-17-2-1-3-18(12-17)31-21-7-5-16(13-27-21)28-20(29)11-14-4-6-19-15(10-14)8-9-26-19/h1-10,12-13,26H,11H2,(H,28,29). The number of halogens is 3. The molecule has 0 unspecified atom stereocenters. The van der Waals surface area contributed by atoms with Gasteiger partial charge in [0.1, 0.15) is 10.8 Å². The normalized spacial score (nSPS) is 11.5. The molecule has 0 radical (unpaired) electrons. The van der Waals surface area contributed by atoms with Crippen molar-refractivity contribution in [1.29, 1.82) is 0 Å². The van der Waals surface area contributed by atoms with Gasteiger partial charge in [-0.15, -0.1) is 13.2 Å². The molecule has 0 aliphatic rings. The van der Waals surface area contributed by atoms with Crippen LogP contribution in [0.5, 0.6) is 5.75 Å². The molecule has 5 nitrogen and oxygen atoms in total. The predicted octanol–water partition coefficient (Wildman–Crippen LogP) is 5.79. The molecule has 1 amide bonds. The highest BCUT2D eigenvalue weighted by Crippen LogP contribution is 2.31. The molecule has 0 spiro atoms. The van der Waals surface area contributed by atoms with E-state index in [1.54, 1.807) is 18.2 Å². The molecule has 31 heavy (non-hydrogen) atoms. The van der Waals surface area contributed by atoms with Gasteiger partial charge in [-0.1, -0.05) is 23.9 Å². The number of rotatable bonds is 6. The fourth-order valence-electron chi connectivity index (χ4n) is 2.97. The van der Waals surface area contributed by atoms with Crippen LogP contribution in [0.25, 0.3) is 10.9 Å². The van der Waals surface area contributed by atoms with Gasteiger partial charge < -0.3 is 15.0 Å². The molecule has 0 fully saturated rings. The Hall–Kier alpha value is -3.46. The summed E-state index contributed by atoms with van der Waals surface area (Å²) in [5, 5.41) is 4.40. The van der Waals surface area contributed by atoms with Crippen LogP contribution >= 0.6 is 11.8 Å². The van der Waals surface area contributed by atoms with E-state index in [0.29, 0.717) is 15.6 Å². The van der Waals surface area contributed by atoms with Gasteiger partial charge in [-0.05, 0) is 59.5 Å². The van der Waals surface area contributed by atoms with Crippen molar-refractivity contribution in [3.8, 4) is 5.75 Å². The first kappa shape index (κ1) is 20.8. The number of nitrogens with zero attached hydrogens (tertiary/aromatic N) is 1. The predicted molar refractivity (Wildman–Crippen MR) is 112 cm³/mol. The average molecular weight is 443 g/mol. The Labute approximate surface area is 179 Å². The summed E-state index contributed by atoms with van der Waals surface area (Å²) in [6.45, 7) is 0. The lowest BCUT2D eigenvalue weighted by atomic mass is 10.1. The van der Waals surface area contributed by atoms with Crippen molar-refractivity contribution in [1.82, 2.24) is 9.97 Å². The van der Waals surface area contributed by atoms with Gasteiger partial charge in [0, 0.05) is 16.6 Å². The molecule has 0 saturated heterocycles. The van der Waals surface area contributed by atoms with E-state index in [9.17, 15) is 18.0 Å². The fourth-order valence-corrected chi connectivity index (χ4v) is 3.78. The van der Waals surface area contributed by atoms with Gasteiger partial charge >= 0.3 is 6.36 Å². The smallest absolute Gasteiger partial charge is 0.406 e. The molecule has 2 heterocycles. The van der Waals surface area contributed by atoms with Crippen LogP contribution in [0.15, 0.2) is 83.0 Å². The second-order valence-electron chi connectivity index (χ2n) is 6.63. The number of aromatic nitrogens is 2. The number of benzene rings is 2. The number of carbonyl (C=O) groups is 1. The van der Waals surface area contributed by atoms with E-state index < -0.39 is 6.36 Å². The van der Waals surface area contributed by atoms with Gasteiger partial charge in [-0.2, -0.15) is 0 Å². The molecule has 0 saturated carbocycles. The van der Waals surface area contributed by atoms with E-state index in [2.05, 4.69) is 20.0 Å². The van der Waals surface area contributed by atoms with E-state index in [1.165, 1.54) is 36.2 Å². The van der Waals surface area contributed by atoms with Gasteiger partial charge in [0.2, 0.25) is 5.91 Å². The van der Waals surface area contributed by atoms with Crippen molar-refractivity contribution in [3.05, 3.63) is 78.6 Å². The zero-order valence-electron chi connectivity index (χ0n) is 15.9. The molecule has 2 aromatic carbocycles. The summed E-state index contributed by atoms with van der Waals surface area (Å²) in [7, 11) is 0. The lowest BCUT2D eigenvalue weighted by Crippen LogP contribution is -2.17. The van der Waals surface area contributed by atoms with Crippen molar-refractivity contribution >= 4 is 34.3 Å². The molecule has 4 rings (SSSR count). The minimum absolute atomic E-state index is 0.172. The molecular formula is C22H16F3N3O2S. The Morgan fingerprint density at radius 1 is 1.10 bits per heavy atom. The van der Waals surface area contributed by atoms with Crippen molar-refractivity contribution in [2.45, 2.75) is 22.7 Å². The van der Waals surface area contributed by atoms with E-state index in [0.717, 1.165) is 16.5 Å². The number of aromatic amines is 1. The number of amides is 1. The van der Waals surface area contributed by atoms with Crippen LogP contribution in [-0.2, 0) is 11.2 Å². The summed E-state index contributed by atoms with van der Waals surface area (Å²) >= 11 is 1.19. The minimum atomic E-state index is -4.74. The molecule has 2 aromatic heterocycles. The molecule has 2 N–H and O–H groups in total. The molecule has 0 atom stereocenters. The minimum Gasteiger partial charge on any atom is -0.406 e. The summed E-state index contributed by atoms with van der Waals surface area (Å²) in [5.74, 6) is -0.465. The van der Waals surface area contributed by atoms with Crippen LogP contribution in [0.4, 0.5) is 18.9 Å². The van der Waals surface area contributed by atoms with Crippen LogP contribution in [0.2, 0.25) is 0 Å². The monoisotopic (exact) mass is 443 g/mol. The topological polar surface area (TPSA) is 67.0 Å². The SMILES string of the molecule is O=C(Cc1ccc2[nH]ccc2c1)Nc1ccc(Sc2cccc(OC(F)(F)F)c2)nc1. The Bertz CT molecular complexity index is 1210. The summed E-state index contributed by atoms with van der Waals surface area (Å²) in [4.78, 5) is 20.2. The lowest BCUT2D eigenvalue weighted by Gasteiger charge is -2.10. The van der Waals surface area contributed by atoms with Gasteiger partial charge in [-0.3, -0.25) is 4.79 Å². The van der Waals surface area contributed by atoms with E-state index in [-0.39, 0.29) is 18.1 Å². The highest BCUT2D eigenvalue weighted by atomic mass is 32.2. The number of anilines is 1. The maximum Gasteiger partial charge on any atom is 0.573 e. The fraction of sp³-hybridized carbons (Fsp3) is 0.0909. The largest absolute Gasteiger partial charge is 0.573 e. The van der Waals surface area contributed by atoms with Gasteiger partial charge in [0.05, 0.1) is 18.3 Å². The second kappa shape index (κ2) is 8.73. The third kappa shape index (κ3) is 5.79. The third-order valence-electron chi connectivity index (χ3n) is 4.26. The zero-order chi connectivity index (χ0) is 21.8. The number of pyridine rings is 1. The zero-order valence-corrected chi connectivity index (χ0v) is 16.8. The Morgan fingerprint density at radius 3 is 2.74 bits per heavy atom. The highest BCUT2D eigenvalue weighted by Gasteiger charge is 2.31. The number of ether oxygens (including phenoxy) is 1. The maximum atomic E-state index is 12.4. The summed E-state index contributed by atoms with van der Waals surface area (Å²) in [6.07, 6.45) is -1.16. The van der Waals surface area contributed by atoms with Crippen molar-refractivity contribution in [2.75, 3.05) is 5.32 Å². The maximum absolute atomic E-state index is 12.4. The van der Waals surface area contributed by atoms with Crippen LogP contribution in [0, 0.1) is 0 Å². The first-order valence-corrected chi connectivity index (χ1v) is 10.0. The van der Waals surface area contributed by atoms with Crippen LogP contribution < -0.4 is 10.1 Å². The van der Waals surface area contributed by atoms with Crippen molar-refractivity contribution in [2.24, 2.45) is 0 Å². The van der Waals surface area contributed by atoms with Crippen molar-refractivity contribution < 1.29 is 22.7 Å². The molecular weight excluding hydrogens is 427 g/mol. The molecule has 0 aliphatic carbocycles. The third-order valence-corrected chi connectivity index (χ3v) is 5.20. The second-order valence-corrected chi connectivity index (χ2v) is 7.73. The van der Waals surface area contributed by atoms with Crippen molar-refractivity contribution in [3.63, 3.8) is 0 Å². The van der Waals surface area contributed by atoms with Crippen LogP contribution in [0.1, 0.15) is 5.56 Å². The van der Waals surface area contributed by atoms with Crippen LogP contribution in [-0.4, -0.2) is 22.2 Å².